The second-order valence-corrected chi connectivity index (χ2v) is 3.26. The van der Waals surface area contributed by atoms with Crippen molar-refractivity contribution in [1.82, 2.24) is 10.2 Å². The Kier molecular flexibility index (Phi) is 2.23. The number of ether oxygens (including phenoxy) is 1. The van der Waals surface area contributed by atoms with Crippen molar-refractivity contribution in [1.29, 1.82) is 0 Å². The average Bonchev–Trinajstić information content (AvgIpc) is 2.64. The Morgan fingerprint density at radius 2 is 1.93 bits per heavy atom. The lowest BCUT2D eigenvalue weighted by molar-refractivity contribution is 0.475. The summed E-state index contributed by atoms with van der Waals surface area (Å²) in [6.07, 6.45) is 3.39. The van der Waals surface area contributed by atoms with Gasteiger partial charge in [-0.25, -0.2) is 0 Å². The van der Waals surface area contributed by atoms with Gasteiger partial charge in [-0.1, -0.05) is 18.2 Å². The fourth-order valence-electron chi connectivity index (χ4n) is 1.37. The van der Waals surface area contributed by atoms with Gasteiger partial charge in [-0.3, -0.25) is 5.10 Å². The highest BCUT2D eigenvalue weighted by molar-refractivity contribution is 5.42. The molecule has 0 aliphatic rings. The third kappa shape index (κ3) is 1.62. The van der Waals surface area contributed by atoms with E-state index in [4.69, 9.17) is 4.74 Å². The smallest absolute Gasteiger partial charge is 0.165 e. The molecule has 1 aromatic heterocycles. The monoisotopic (exact) mass is 188 g/mol. The first-order valence-electron chi connectivity index (χ1n) is 4.50. The Morgan fingerprint density at radius 1 is 1.21 bits per heavy atom. The zero-order valence-electron chi connectivity index (χ0n) is 8.24. The van der Waals surface area contributed by atoms with Gasteiger partial charge in [0.1, 0.15) is 5.75 Å². The van der Waals surface area contributed by atoms with Crippen LogP contribution < -0.4 is 4.74 Å². The molecular formula is C11H12N2O. The quantitative estimate of drug-likeness (QED) is 0.786. The molecule has 0 fully saturated rings. The Morgan fingerprint density at radius 3 is 2.50 bits per heavy atom. The number of para-hydroxylation sites is 1. The minimum absolute atomic E-state index is 0.738. The summed E-state index contributed by atoms with van der Waals surface area (Å²) in [6.45, 7) is 4.06. The highest BCUT2D eigenvalue weighted by atomic mass is 16.5. The van der Waals surface area contributed by atoms with E-state index in [2.05, 4.69) is 10.2 Å². The van der Waals surface area contributed by atoms with E-state index < -0.39 is 0 Å². The maximum Gasteiger partial charge on any atom is 0.165 e. The molecule has 0 aliphatic carbocycles. The van der Waals surface area contributed by atoms with E-state index >= 15 is 0 Å². The van der Waals surface area contributed by atoms with Gasteiger partial charge < -0.3 is 4.74 Å². The summed E-state index contributed by atoms with van der Waals surface area (Å²) in [5.41, 5.74) is 2.26. The number of hydrogen-bond donors (Lipinski definition) is 1. The summed E-state index contributed by atoms with van der Waals surface area (Å²) in [4.78, 5) is 0. The van der Waals surface area contributed by atoms with Gasteiger partial charge in [-0.15, -0.1) is 0 Å². The van der Waals surface area contributed by atoms with Crippen LogP contribution in [0.5, 0.6) is 11.5 Å². The van der Waals surface area contributed by atoms with Crippen LogP contribution in [0.2, 0.25) is 0 Å². The van der Waals surface area contributed by atoms with Crippen molar-refractivity contribution < 1.29 is 4.74 Å². The third-order valence-corrected chi connectivity index (χ3v) is 2.10. The molecule has 3 nitrogen and oxygen atoms in total. The molecule has 1 heterocycles. The molecule has 0 spiro atoms. The molecule has 0 saturated carbocycles. The van der Waals surface area contributed by atoms with E-state index in [1.807, 2.05) is 32.0 Å². The van der Waals surface area contributed by atoms with Gasteiger partial charge in [-0.2, -0.15) is 5.10 Å². The van der Waals surface area contributed by atoms with Crippen molar-refractivity contribution in [3.05, 3.63) is 41.7 Å². The molecule has 0 atom stereocenters. The van der Waals surface area contributed by atoms with Crippen LogP contribution in [0, 0.1) is 13.8 Å². The summed E-state index contributed by atoms with van der Waals surface area (Å²) in [5, 5.41) is 6.54. The predicted molar refractivity (Wildman–Crippen MR) is 54.6 cm³/mol. The van der Waals surface area contributed by atoms with Gasteiger partial charge in [0, 0.05) is 0 Å². The van der Waals surface area contributed by atoms with Crippen LogP contribution >= 0.6 is 0 Å². The van der Waals surface area contributed by atoms with Crippen LogP contribution in [-0.2, 0) is 0 Å². The van der Waals surface area contributed by atoms with Crippen molar-refractivity contribution >= 4 is 0 Å². The number of aryl methyl sites for hydroxylation is 2. The van der Waals surface area contributed by atoms with Crippen molar-refractivity contribution in [3.63, 3.8) is 0 Å². The molecule has 0 unspecified atom stereocenters. The van der Waals surface area contributed by atoms with Crippen LogP contribution in [0.4, 0.5) is 0 Å². The number of benzene rings is 1. The Balaban J connectivity index is 2.33. The number of H-pyrrole nitrogens is 1. The Labute approximate surface area is 82.7 Å². The largest absolute Gasteiger partial charge is 0.454 e. The van der Waals surface area contributed by atoms with E-state index in [0.717, 1.165) is 22.6 Å². The summed E-state index contributed by atoms with van der Waals surface area (Å²) in [6, 6.07) is 6.08. The fraction of sp³-hybridized carbons (Fsp3) is 0.182. The lowest BCUT2D eigenvalue weighted by atomic mass is 10.1. The summed E-state index contributed by atoms with van der Waals surface area (Å²) < 4.78 is 5.69. The topological polar surface area (TPSA) is 37.9 Å². The highest BCUT2D eigenvalue weighted by Gasteiger charge is 2.04. The van der Waals surface area contributed by atoms with Crippen LogP contribution in [0.1, 0.15) is 11.1 Å². The van der Waals surface area contributed by atoms with Crippen LogP contribution in [0.25, 0.3) is 0 Å². The predicted octanol–water partition coefficient (Wildman–Crippen LogP) is 2.82. The van der Waals surface area contributed by atoms with E-state index in [1.165, 1.54) is 0 Å². The molecule has 0 amide bonds. The summed E-state index contributed by atoms with van der Waals surface area (Å²) >= 11 is 0. The molecule has 0 aliphatic heterocycles. The zero-order chi connectivity index (χ0) is 9.97. The van der Waals surface area contributed by atoms with Gasteiger partial charge in [0.15, 0.2) is 5.75 Å². The fourth-order valence-corrected chi connectivity index (χ4v) is 1.37. The molecule has 14 heavy (non-hydrogen) atoms. The van der Waals surface area contributed by atoms with Crippen molar-refractivity contribution in [2.75, 3.05) is 0 Å². The van der Waals surface area contributed by atoms with E-state index in [9.17, 15) is 0 Å². The van der Waals surface area contributed by atoms with Crippen LogP contribution in [-0.4, -0.2) is 10.2 Å². The standard InChI is InChI=1S/C11H12N2O/c1-8-4-3-5-9(2)11(8)14-10-6-12-13-7-10/h3-7H,1-2H3,(H,12,13). The Bertz CT molecular complexity index is 401. The lowest BCUT2D eigenvalue weighted by Crippen LogP contribution is -1.89. The van der Waals surface area contributed by atoms with Gasteiger partial charge in [-0.05, 0) is 25.0 Å². The SMILES string of the molecule is Cc1cccc(C)c1Oc1cn[nH]c1. The third-order valence-electron chi connectivity index (χ3n) is 2.10. The lowest BCUT2D eigenvalue weighted by Gasteiger charge is -2.08. The van der Waals surface area contributed by atoms with Crippen LogP contribution in [0.3, 0.4) is 0 Å². The molecule has 0 saturated heterocycles. The first-order chi connectivity index (χ1) is 6.77. The number of hydrogen-bond acceptors (Lipinski definition) is 2. The molecule has 72 valence electrons. The molecule has 2 rings (SSSR count). The van der Waals surface area contributed by atoms with Gasteiger partial charge in [0.2, 0.25) is 0 Å². The van der Waals surface area contributed by atoms with Crippen molar-refractivity contribution in [2.45, 2.75) is 13.8 Å². The molecule has 1 aromatic carbocycles. The number of rotatable bonds is 2. The van der Waals surface area contributed by atoms with Gasteiger partial charge in [0.05, 0.1) is 12.4 Å². The normalized spacial score (nSPS) is 10.1. The van der Waals surface area contributed by atoms with E-state index in [0.29, 0.717) is 0 Å². The van der Waals surface area contributed by atoms with Crippen molar-refractivity contribution in [2.24, 2.45) is 0 Å². The van der Waals surface area contributed by atoms with Crippen molar-refractivity contribution in [3.8, 4) is 11.5 Å². The Hall–Kier alpha value is -1.77. The zero-order valence-corrected chi connectivity index (χ0v) is 8.24. The van der Waals surface area contributed by atoms with Gasteiger partial charge >= 0.3 is 0 Å². The number of aromatic amines is 1. The maximum absolute atomic E-state index is 5.69. The second kappa shape index (κ2) is 3.54. The molecule has 0 radical (unpaired) electrons. The second-order valence-electron chi connectivity index (χ2n) is 3.26. The average molecular weight is 188 g/mol. The minimum atomic E-state index is 0.738. The first-order valence-corrected chi connectivity index (χ1v) is 4.50. The van der Waals surface area contributed by atoms with Crippen LogP contribution in [0.15, 0.2) is 30.6 Å². The van der Waals surface area contributed by atoms with Gasteiger partial charge in [0.25, 0.3) is 0 Å². The number of nitrogens with zero attached hydrogens (tertiary/aromatic N) is 1. The summed E-state index contributed by atoms with van der Waals surface area (Å²) in [5.74, 6) is 1.65. The number of nitrogens with one attached hydrogen (secondary N) is 1. The maximum atomic E-state index is 5.69. The van der Waals surface area contributed by atoms with E-state index in [1.54, 1.807) is 12.4 Å². The molecule has 1 N–H and O–H groups in total. The molecule has 3 heteroatoms. The first kappa shape index (κ1) is 8.81. The number of aromatic nitrogens is 2. The molecular weight excluding hydrogens is 176 g/mol. The summed E-state index contributed by atoms with van der Waals surface area (Å²) in [7, 11) is 0. The highest BCUT2D eigenvalue weighted by Crippen LogP contribution is 2.27. The molecule has 2 aromatic rings. The van der Waals surface area contributed by atoms with E-state index in [-0.39, 0.29) is 0 Å². The molecule has 0 bridgehead atoms. The minimum Gasteiger partial charge on any atom is -0.454 e.